The Kier molecular flexibility index (Phi) is 6.56. The molecule has 0 radical (unpaired) electrons. The van der Waals surface area contributed by atoms with Gasteiger partial charge in [-0.1, -0.05) is 48.0 Å². The first-order valence-corrected chi connectivity index (χ1v) is 10.7. The zero-order valence-corrected chi connectivity index (χ0v) is 18.9. The Morgan fingerprint density at radius 1 is 1.06 bits per heavy atom. The monoisotopic (exact) mass is 449 g/mol. The fourth-order valence-electron chi connectivity index (χ4n) is 3.77. The molecule has 34 heavy (non-hydrogen) atoms. The number of methoxy groups -OCH3 is 1. The van der Waals surface area contributed by atoms with Crippen molar-refractivity contribution in [3.05, 3.63) is 107 Å². The maximum Gasteiger partial charge on any atom is 0.337 e. The summed E-state index contributed by atoms with van der Waals surface area (Å²) in [6.45, 7) is 2.48. The Balaban J connectivity index is 1.66. The van der Waals surface area contributed by atoms with Gasteiger partial charge in [0, 0.05) is 34.9 Å². The second kappa shape index (κ2) is 9.88. The standard InChI is InChI=1S/C28H23N3O3/c1-19-10-12-24(13-11-19)30-27(32)22(16-29)15-23-18-31(26-9-4-3-8-25(23)26)17-20-6-5-7-21(14-20)28(33)34-2/h3-15,18H,17H2,1-2H3,(H,30,32)/b22-15-. The summed E-state index contributed by atoms with van der Waals surface area (Å²) >= 11 is 0. The van der Waals surface area contributed by atoms with Crippen LogP contribution in [0.25, 0.3) is 17.0 Å². The first kappa shape index (κ1) is 22.6. The van der Waals surface area contributed by atoms with Crippen LogP contribution in [0, 0.1) is 18.3 Å². The third-order valence-corrected chi connectivity index (χ3v) is 5.49. The summed E-state index contributed by atoms with van der Waals surface area (Å²) in [5.74, 6) is -0.852. The molecule has 1 aromatic heterocycles. The molecule has 3 aromatic carbocycles. The fraction of sp³-hybridized carbons (Fsp3) is 0.107. The first-order valence-electron chi connectivity index (χ1n) is 10.7. The van der Waals surface area contributed by atoms with Crippen molar-refractivity contribution >= 4 is 34.5 Å². The Morgan fingerprint density at radius 3 is 2.56 bits per heavy atom. The van der Waals surface area contributed by atoms with E-state index in [-0.39, 0.29) is 11.5 Å². The fourth-order valence-corrected chi connectivity index (χ4v) is 3.77. The van der Waals surface area contributed by atoms with Crippen LogP contribution in [0.2, 0.25) is 0 Å². The molecular weight excluding hydrogens is 426 g/mol. The van der Waals surface area contributed by atoms with Gasteiger partial charge >= 0.3 is 5.97 Å². The largest absolute Gasteiger partial charge is 0.465 e. The molecule has 1 N–H and O–H groups in total. The van der Waals surface area contributed by atoms with E-state index >= 15 is 0 Å². The minimum Gasteiger partial charge on any atom is -0.465 e. The molecule has 4 rings (SSSR count). The number of nitrogens with one attached hydrogen (secondary N) is 1. The number of aromatic nitrogens is 1. The van der Waals surface area contributed by atoms with Crippen LogP contribution in [-0.4, -0.2) is 23.6 Å². The molecule has 0 bridgehead atoms. The normalized spacial score (nSPS) is 11.1. The van der Waals surface area contributed by atoms with Crippen molar-refractivity contribution in [3.8, 4) is 6.07 Å². The van der Waals surface area contributed by atoms with Crippen molar-refractivity contribution in [3.63, 3.8) is 0 Å². The van der Waals surface area contributed by atoms with E-state index < -0.39 is 5.91 Å². The van der Waals surface area contributed by atoms with Gasteiger partial charge in [0.05, 0.1) is 12.7 Å². The number of rotatable bonds is 6. The zero-order valence-electron chi connectivity index (χ0n) is 18.9. The number of hydrogen-bond acceptors (Lipinski definition) is 4. The molecule has 1 heterocycles. The van der Waals surface area contributed by atoms with Crippen molar-refractivity contribution in [1.82, 2.24) is 4.57 Å². The maximum absolute atomic E-state index is 12.7. The van der Waals surface area contributed by atoms with E-state index in [0.717, 1.165) is 27.6 Å². The first-order chi connectivity index (χ1) is 16.5. The smallest absolute Gasteiger partial charge is 0.337 e. The number of aryl methyl sites for hydroxylation is 1. The molecule has 0 saturated carbocycles. The average molecular weight is 450 g/mol. The molecule has 0 aliphatic heterocycles. The van der Waals surface area contributed by atoms with Crippen molar-refractivity contribution in [2.24, 2.45) is 0 Å². The summed E-state index contributed by atoms with van der Waals surface area (Å²) in [6, 6.07) is 24.5. The number of amides is 1. The van der Waals surface area contributed by atoms with Crippen molar-refractivity contribution in [1.29, 1.82) is 5.26 Å². The topological polar surface area (TPSA) is 84.1 Å². The summed E-state index contributed by atoms with van der Waals surface area (Å²) in [5, 5.41) is 13.4. The molecule has 168 valence electrons. The lowest BCUT2D eigenvalue weighted by Crippen LogP contribution is -2.13. The highest BCUT2D eigenvalue weighted by Crippen LogP contribution is 2.25. The van der Waals surface area contributed by atoms with Gasteiger partial charge in [0.25, 0.3) is 5.91 Å². The molecular formula is C28H23N3O3. The number of benzene rings is 3. The number of esters is 1. The number of carbonyl (C=O) groups is 2. The molecule has 0 aliphatic carbocycles. The molecule has 6 nitrogen and oxygen atoms in total. The second-order valence-electron chi connectivity index (χ2n) is 7.91. The number of carbonyl (C=O) groups excluding carboxylic acids is 2. The summed E-state index contributed by atoms with van der Waals surface area (Å²) in [6.07, 6.45) is 3.51. The van der Waals surface area contributed by atoms with Gasteiger partial charge in [0.2, 0.25) is 0 Å². The van der Waals surface area contributed by atoms with Gasteiger partial charge in [-0.15, -0.1) is 0 Å². The van der Waals surface area contributed by atoms with Gasteiger partial charge in [-0.25, -0.2) is 4.79 Å². The molecule has 0 aliphatic rings. The van der Waals surface area contributed by atoms with Gasteiger partial charge in [0.1, 0.15) is 11.6 Å². The number of anilines is 1. The zero-order chi connectivity index (χ0) is 24.1. The third-order valence-electron chi connectivity index (χ3n) is 5.49. The molecule has 0 saturated heterocycles. The quantitative estimate of drug-likeness (QED) is 0.245. The van der Waals surface area contributed by atoms with Crippen molar-refractivity contribution in [2.75, 3.05) is 12.4 Å². The Labute approximate surface area is 197 Å². The number of hydrogen-bond donors (Lipinski definition) is 1. The van der Waals surface area contributed by atoms with Crippen LogP contribution in [0.5, 0.6) is 0 Å². The van der Waals surface area contributed by atoms with E-state index in [1.165, 1.54) is 7.11 Å². The van der Waals surface area contributed by atoms with E-state index in [2.05, 4.69) is 5.32 Å². The number of nitriles is 1. The Hall–Kier alpha value is -4.63. The van der Waals surface area contributed by atoms with Crippen LogP contribution in [0.4, 0.5) is 5.69 Å². The van der Waals surface area contributed by atoms with Gasteiger partial charge < -0.3 is 14.6 Å². The molecule has 0 fully saturated rings. The Morgan fingerprint density at radius 2 is 1.82 bits per heavy atom. The number of ether oxygens (including phenoxy) is 1. The number of nitrogens with zero attached hydrogens (tertiary/aromatic N) is 2. The van der Waals surface area contributed by atoms with E-state index in [0.29, 0.717) is 17.8 Å². The minimum atomic E-state index is -0.464. The van der Waals surface area contributed by atoms with Crippen LogP contribution in [0.1, 0.15) is 27.0 Å². The van der Waals surface area contributed by atoms with E-state index in [9.17, 15) is 14.9 Å². The molecule has 0 atom stereocenters. The lowest BCUT2D eigenvalue weighted by atomic mass is 10.1. The lowest BCUT2D eigenvalue weighted by molar-refractivity contribution is -0.112. The maximum atomic E-state index is 12.7. The SMILES string of the molecule is COC(=O)c1cccc(Cn2cc(/C=C(/C#N)C(=O)Nc3ccc(C)cc3)c3ccccc32)c1. The van der Waals surface area contributed by atoms with Gasteiger partial charge in [-0.3, -0.25) is 4.79 Å². The van der Waals surface area contributed by atoms with Gasteiger partial charge in [-0.05, 0) is 48.9 Å². The number of para-hydroxylation sites is 1. The molecule has 1 amide bonds. The second-order valence-corrected chi connectivity index (χ2v) is 7.91. The van der Waals surface area contributed by atoms with Crippen LogP contribution in [0.3, 0.4) is 0 Å². The number of fused-ring (bicyclic) bond motifs is 1. The van der Waals surface area contributed by atoms with Crippen LogP contribution in [-0.2, 0) is 16.1 Å². The van der Waals surface area contributed by atoms with Crippen molar-refractivity contribution < 1.29 is 14.3 Å². The highest BCUT2D eigenvalue weighted by atomic mass is 16.5. The summed E-state index contributed by atoms with van der Waals surface area (Å²) < 4.78 is 6.85. The predicted molar refractivity (Wildman–Crippen MR) is 132 cm³/mol. The van der Waals surface area contributed by atoms with E-state index in [1.54, 1.807) is 30.3 Å². The summed E-state index contributed by atoms with van der Waals surface area (Å²) in [4.78, 5) is 24.6. The van der Waals surface area contributed by atoms with E-state index in [1.807, 2.05) is 72.3 Å². The van der Waals surface area contributed by atoms with Gasteiger partial charge in [-0.2, -0.15) is 5.26 Å². The van der Waals surface area contributed by atoms with Crippen LogP contribution in [0.15, 0.2) is 84.6 Å². The third kappa shape index (κ3) is 4.89. The summed E-state index contributed by atoms with van der Waals surface area (Å²) in [7, 11) is 1.36. The van der Waals surface area contributed by atoms with Crippen LogP contribution >= 0.6 is 0 Å². The molecule has 0 spiro atoms. The summed E-state index contributed by atoms with van der Waals surface area (Å²) in [5.41, 5.74) is 4.84. The lowest BCUT2D eigenvalue weighted by Gasteiger charge is -2.07. The molecule has 6 heteroatoms. The van der Waals surface area contributed by atoms with Crippen molar-refractivity contribution in [2.45, 2.75) is 13.5 Å². The minimum absolute atomic E-state index is 0.0103. The van der Waals surface area contributed by atoms with Crippen LogP contribution < -0.4 is 5.32 Å². The molecule has 0 unspecified atom stereocenters. The Bertz CT molecular complexity index is 1440. The highest BCUT2D eigenvalue weighted by molar-refractivity contribution is 6.10. The molecule has 4 aromatic rings. The highest BCUT2D eigenvalue weighted by Gasteiger charge is 2.14. The van der Waals surface area contributed by atoms with E-state index in [4.69, 9.17) is 4.74 Å². The predicted octanol–water partition coefficient (Wildman–Crippen LogP) is 5.33. The van der Waals surface area contributed by atoms with Gasteiger partial charge in [0.15, 0.2) is 0 Å². The average Bonchev–Trinajstić information content (AvgIpc) is 3.20.